The van der Waals surface area contributed by atoms with E-state index in [1.54, 1.807) is 11.3 Å². The fourth-order valence-corrected chi connectivity index (χ4v) is 3.63. The number of amides is 1. The van der Waals surface area contributed by atoms with E-state index in [0.29, 0.717) is 5.92 Å². The van der Waals surface area contributed by atoms with Crippen molar-refractivity contribution in [3.63, 3.8) is 0 Å². The summed E-state index contributed by atoms with van der Waals surface area (Å²) < 4.78 is 1.02. The first-order valence-corrected chi connectivity index (χ1v) is 8.56. The Balaban J connectivity index is 2.23. The molecule has 0 radical (unpaired) electrons. The highest BCUT2D eigenvalue weighted by molar-refractivity contribution is 14.1. The molecule has 106 valence electrons. The molecule has 1 aromatic carbocycles. The third-order valence-corrected chi connectivity index (χ3v) is 5.63. The van der Waals surface area contributed by atoms with E-state index in [-0.39, 0.29) is 11.9 Å². The zero-order chi connectivity index (χ0) is 14.7. The molecule has 1 unspecified atom stereocenters. The van der Waals surface area contributed by atoms with Crippen LogP contribution < -0.4 is 5.32 Å². The van der Waals surface area contributed by atoms with E-state index in [2.05, 4.69) is 47.8 Å². The van der Waals surface area contributed by atoms with Gasteiger partial charge in [-0.1, -0.05) is 32.0 Å². The lowest BCUT2D eigenvalue weighted by Crippen LogP contribution is -2.31. The summed E-state index contributed by atoms with van der Waals surface area (Å²) in [5, 5.41) is 5.22. The Labute approximate surface area is 137 Å². The van der Waals surface area contributed by atoms with E-state index >= 15 is 0 Å². The van der Waals surface area contributed by atoms with Gasteiger partial charge >= 0.3 is 0 Å². The van der Waals surface area contributed by atoms with Crippen molar-refractivity contribution in [3.05, 3.63) is 55.3 Å². The fraction of sp³-hybridized carbons (Fsp3) is 0.312. The number of halogens is 1. The molecule has 1 aromatic heterocycles. The molecule has 2 aromatic rings. The third kappa shape index (κ3) is 3.41. The summed E-state index contributed by atoms with van der Waals surface area (Å²) in [7, 11) is 0. The van der Waals surface area contributed by atoms with Crippen LogP contribution in [0.3, 0.4) is 0 Å². The normalized spacial score (nSPS) is 12.4. The minimum atomic E-state index is 0.00481. The average Bonchev–Trinajstić information content (AvgIpc) is 2.92. The number of carbonyl (C=O) groups excluding carboxylic acids is 1. The number of benzene rings is 1. The van der Waals surface area contributed by atoms with Crippen molar-refractivity contribution >= 4 is 39.8 Å². The Kier molecular flexibility index (Phi) is 5.21. The fourth-order valence-electron chi connectivity index (χ4n) is 2.08. The van der Waals surface area contributed by atoms with Gasteiger partial charge in [0.05, 0.1) is 11.6 Å². The molecule has 20 heavy (non-hydrogen) atoms. The van der Waals surface area contributed by atoms with Crippen molar-refractivity contribution < 1.29 is 4.79 Å². The van der Waals surface area contributed by atoms with Crippen LogP contribution in [0, 0.1) is 16.4 Å². The topological polar surface area (TPSA) is 29.1 Å². The smallest absolute Gasteiger partial charge is 0.252 e. The van der Waals surface area contributed by atoms with E-state index in [4.69, 9.17) is 0 Å². The maximum Gasteiger partial charge on any atom is 0.252 e. The minimum Gasteiger partial charge on any atom is -0.344 e. The SMILES string of the molecule is Cc1cccc(C(=O)NC(c2cccs2)C(C)C)c1I. The Morgan fingerprint density at radius 2 is 2.00 bits per heavy atom. The highest BCUT2D eigenvalue weighted by atomic mass is 127. The highest BCUT2D eigenvalue weighted by Crippen LogP contribution is 2.26. The van der Waals surface area contributed by atoms with Crippen LogP contribution in [0.4, 0.5) is 0 Å². The summed E-state index contributed by atoms with van der Waals surface area (Å²) >= 11 is 3.93. The van der Waals surface area contributed by atoms with E-state index in [1.807, 2.05) is 36.6 Å². The van der Waals surface area contributed by atoms with Crippen LogP contribution in [0.2, 0.25) is 0 Å². The molecule has 0 aliphatic rings. The molecule has 0 aliphatic heterocycles. The Hall–Kier alpha value is -0.880. The lowest BCUT2D eigenvalue weighted by molar-refractivity contribution is 0.0925. The van der Waals surface area contributed by atoms with E-state index in [9.17, 15) is 4.79 Å². The Morgan fingerprint density at radius 3 is 2.60 bits per heavy atom. The summed E-state index contributed by atoms with van der Waals surface area (Å²) in [5.41, 5.74) is 1.89. The van der Waals surface area contributed by atoms with Gasteiger partial charge in [-0.2, -0.15) is 0 Å². The first-order valence-electron chi connectivity index (χ1n) is 6.60. The van der Waals surface area contributed by atoms with Gasteiger partial charge in [0.15, 0.2) is 0 Å². The van der Waals surface area contributed by atoms with Crippen molar-refractivity contribution in [2.24, 2.45) is 5.92 Å². The first kappa shape index (κ1) is 15.5. The molecule has 2 nitrogen and oxygen atoms in total. The average molecular weight is 399 g/mol. The number of carbonyl (C=O) groups is 1. The van der Waals surface area contributed by atoms with Crippen LogP contribution in [0.5, 0.6) is 0 Å². The summed E-state index contributed by atoms with van der Waals surface area (Å²) in [5.74, 6) is 0.366. The van der Waals surface area contributed by atoms with Gasteiger partial charge in [0.25, 0.3) is 5.91 Å². The monoisotopic (exact) mass is 399 g/mol. The van der Waals surface area contributed by atoms with Gasteiger partial charge < -0.3 is 5.32 Å². The number of thiophene rings is 1. The Morgan fingerprint density at radius 1 is 1.25 bits per heavy atom. The second-order valence-electron chi connectivity index (χ2n) is 5.15. The van der Waals surface area contributed by atoms with Crippen LogP contribution in [0.25, 0.3) is 0 Å². The number of nitrogens with one attached hydrogen (secondary N) is 1. The molecule has 0 spiro atoms. The van der Waals surface area contributed by atoms with Gasteiger partial charge in [-0.25, -0.2) is 0 Å². The summed E-state index contributed by atoms with van der Waals surface area (Å²) in [6.07, 6.45) is 0. The number of aryl methyl sites for hydroxylation is 1. The summed E-state index contributed by atoms with van der Waals surface area (Å²) in [6, 6.07) is 10.0. The lowest BCUT2D eigenvalue weighted by Gasteiger charge is -2.21. The van der Waals surface area contributed by atoms with Gasteiger partial charge in [-0.15, -0.1) is 11.3 Å². The van der Waals surface area contributed by atoms with Crippen LogP contribution >= 0.6 is 33.9 Å². The number of hydrogen-bond donors (Lipinski definition) is 1. The third-order valence-electron chi connectivity index (χ3n) is 3.24. The predicted octanol–water partition coefficient (Wildman–Crippen LogP) is 4.79. The van der Waals surface area contributed by atoms with Crippen LogP contribution in [0.15, 0.2) is 35.7 Å². The van der Waals surface area contributed by atoms with Gasteiger partial charge in [0.1, 0.15) is 0 Å². The molecular formula is C16H18INOS. The quantitative estimate of drug-likeness (QED) is 0.737. The highest BCUT2D eigenvalue weighted by Gasteiger charge is 2.21. The standard InChI is InChI=1S/C16H18INOS/c1-10(2)15(13-8-5-9-20-13)18-16(19)12-7-4-6-11(3)14(12)17/h4-10,15H,1-3H3,(H,18,19). The molecule has 1 amide bonds. The van der Waals surface area contributed by atoms with Crippen molar-refractivity contribution in [2.75, 3.05) is 0 Å². The van der Waals surface area contributed by atoms with Crippen molar-refractivity contribution in [2.45, 2.75) is 26.8 Å². The first-order chi connectivity index (χ1) is 9.50. The van der Waals surface area contributed by atoms with E-state index < -0.39 is 0 Å². The molecule has 1 N–H and O–H groups in total. The molecule has 0 saturated carbocycles. The molecule has 0 bridgehead atoms. The number of rotatable bonds is 4. The maximum atomic E-state index is 12.5. The maximum absolute atomic E-state index is 12.5. The molecule has 0 saturated heterocycles. The molecule has 1 heterocycles. The summed E-state index contributed by atoms with van der Waals surface area (Å²) in [4.78, 5) is 13.7. The predicted molar refractivity (Wildman–Crippen MR) is 93.3 cm³/mol. The van der Waals surface area contributed by atoms with Crippen LogP contribution in [-0.4, -0.2) is 5.91 Å². The van der Waals surface area contributed by atoms with Gasteiger partial charge in [0, 0.05) is 8.45 Å². The number of hydrogen-bond acceptors (Lipinski definition) is 2. The van der Waals surface area contributed by atoms with Gasteiger partial charge in [-0.05, 0) is 58.5 Å². The second kappa shape index (κ2) is 6.72. The molecule has 0 aliphatic carbocycles. The van der Waals surface area contributed by atoms with Crippen molar-refractivity contribution in [3.8, 4) is 0 Å². The molecule has 1 atom stereocenters. The lowest BCUT2D eigenvalue weighted by atomic mass is 10.0. The van der Waals surface area contributed by atoms with Crippen molar-refractivity contribution in [1.29, 1.82) is 0 Å². The zero-order valence-electron chi connectivity index (χ0n) is 11.8. The van der Waals surface area contributed by atoms with Crippen LogP contribution in [-0.2, 0) is 0 Å². The summed E-state index contributed by atoms with van der Waals surface area (Å²) in [6.45, 7) is 6.29. The van der Waals surface area contributed by atoms with Gasteiger partial charge in [-0.3, -0.25) is 4.79 Å². The Bertz CT molecular complexity index is 593. The minimum absolute atomic E-state index is 0.00481. The van der Waals surface area contributed by atoms with Crippen molar-refractivity contribution in [1.82, 2.24) is 5.32 Å². The largest absolute Gasteiger partial charge is 0.344 e. The molecular weight excluding hydrogens is 381 g/mol. The molecule has 2 rings (SSSR count). The van der Waals surface area contributed by atoms with Gasteiger partial charge in [0.2, 0.25) is 0 Å². The van der Waals surface area contributed by atoms with Crippen LogP contribution in [0.1, 0.15) is 40.7 Å². The second-order valence-corrected chi connectivity index (χ2v) is 7.21. The molecule has 4 heteroatoms. The zero-order valence-corrected chi connectivity index (χ0v) is 14.8. The molecule has 0 fully saturated rings. The van der Waals surface area contributed by atoms with E-state index in [1.165, 1.54) is 4.88 Å². The van der Waals surface area contributed by atoms with E-state index in [0.717, 1.165) is 14.7 Å².